The van der Waals surface area contributed by atoms with Gasteiger partial charge in [0.05, 0.1) is 22.1 Å². The Morgan fingerprint density at radius 2 is 1.57 bits per heavy atom. The fraction of sp³-hybridized carbons (Fsp3) is 0.206. The van der Waals surface area contributed by atoms with Crippen LogP contribution in [0.1, 0.15) is 37.2 Å². The number of fused-ring (bicyclic) bond motifs is 2. The third-order valence-electron chi connectivity index (χ3n) is 8.03. The van der Waals surface area contributed by atoms with Crippen molar-refractivity contribution in [3.8, 4) is 33.9 Å². The summed E-state index contributed by atoms with van der Waals surface area (Å²) in [5.41, 5.74) is 11.1. The first-order valence-corrected chi connectivity index (χ1v) is 14.5. The van der Waals surface area contributed by atoms with E-state index in [1.165, 1.54) is 11.1 Å². The van der Waals surface area contributed by atoms with Gasteiger partial charge in [0.15, 0.2) is 0 Å². The zero-order valence-electron chi connectivity index (χ0n) is 24.0. The molecule has 1 N–H and O–H groups in total. The van der Waals surface area contributed by atoms with Crippen molar-refractivity contribution in [2.75, 3.05) is 0 Å². The molecule has 3 heterocycles. The van der Waals surface area contributed by atoms with Crippen LogP contribution in [0.4, 0.5) is 0 Å². The van der Waals surface area contributed by atoms with Gasteiger partial charge in [0.25, 0.3) is 0 Å². The molecule has 0 aliphatic rings. The van der Waals surface area contributed by atoms with Gasteiger partial charge in [-0.15, -0.1) is 10.2 Å². The minimum Gasteiger partial charge on any atom is -0.327 e. The Morgan fingerprint density at radius 1 is 0.786 bits per heavy atom. The van der Waals surface area contributed by atoms with E-state index >= 15 is 0 Å². The zero-order chi connectivity index (χ0) is 28.6. The van der Waals surface area contributed by atoms with Crippen LogP contribution in [0.15, 0.2) is 84.9 Å². The molecule has 3 aromatic heterocycles. The Balaban J connectivity index is 1.30. The van der Waals surface area contributed by atoms with Gasteiger partial charge in [0.1, 0.15) is 11.6 Å². The summed E-state index contributed by atoms with van der Waals surface area (Å²) in [6.07, 6.45) is 2.87. The number of tetrazole rings is 1. The summed E-state index contributed by atoms with van der Waals surface area (Å²) >= 11 is 0. The maximum absolute atomic E-state index is 5.19. The molecule has 0 fully saturated rings. The van der Waals surface area contributed by atoms with Crippen molar-refractivity contribution in [3.05, 3.63) is 102 Å². The highest BCUT2D eigenvalue weighted by atomic mass is 15.5. The maximum atomic E-state index is 5.19. The average Bonchev–Trinajstić information content (AvgIpc) is 3.76. The molecule has 7 aromatic rings. The molecule has 0 spiro atoms. The van der Waals surface area contributed by atoms with Gasteiger partial charge in [-0.05, 0) is 64.6 Å². The van der Waals surface area contributed by atoms with E-state index in [9.17, 15) is 0 Å². The third kappa shape index (κ3) is 4.45. The van der Waals surface area contributed by atoms with Gasteiger partial charge in [-0.3, -0.25) is 0 Å². The van der Waals surface area contributed by atoms with Crippen molar-refractivity contribution in [1.29, 1.82) is 0 Å². The lowest BCUT2D eigenvalue weighted by molar-refractivity contribution is 0.722. The number of benzene rings is 4. The minimum absolute atomic E-state index is 0.590. The highest BCUT2D eigenvalue weighted by Crippen LogP contribution is 2.32. The standard InChI is InChI=1S/C34H32N8/c1-4-10-31-36-32-23(5-2)19-25(34-35-28-13-8-9-14-29(28)41(34)3)20-30(32)42(31)21-22-15-17-24(18-16-22)26-11-6-7-12-27(26)33-37-39-40-38-33/h6-9,11-20H,4-5,10,21H2,1-3H3,(H,37,38,39,40). The van der Waals surface area contributed by atoms with E-state index in [0.29, 0.717) is 5.82 Å². The molecule has 4 aromatic carbocycles. The summed E-state index contributed by atoms with van der Waals surface area (Å²) in [6, 6.07) is 29.8. The molecule has 0 unspecified atom stereocenters. The van der Waals surface area contributed by atoms with Gasteiger partial charge in [-0.1, -0.05) is 74.5 Å². The number of aromatic amines is 1. The first-order chi connectivity index (χ1) is 20.6. The van der Waals surface area contributed by atoms with Crippen LogP contribution in [0.3, 0.4) is 0 Å². The second kappa shape index (κ2) is 10.7. The second-order valence-electron chi connectivity index (χ2n) is 10.7. The first-order valence-electron chi connectivity index (χ1n) is 14.5. The smallest absolute Gasteiger partial charge is 0.205 e. The number of rotatable bonds is 8. The molecule has 208 valence electrons. The molecule has 42 heavy (non-hydrogen) atoms. The highest BCUT2D eigenvalue weighted by Gasteiger charge is 2.18. The third-order valence-corrected chi connectivity index (χ3v) is 8.03. The van der Waals surface area contributed by atoms with Crippen molar-refractivity contribution < 1.29 is 0 Å². The van der Waals surface area contributed by atoms with E-state index in [1.54, 1.807) is 0 Å². The number of hydrogen-bond donors (Lipinski definition) is 1. The number of nitrogens with zero attached hydrogens (tertiary/aromatic N) is 7. The second-order valence-corrected chi connectivity index (χ2v) is 10.7. The molecule has 0 aliphatic heterocycles. The number of imidazole rings is 2. The fourth-order valence-electron chi connectivity index (χ4n) is 5.91. The van der Waals surface area contributed by atoms with E-state index in [4.69, 9.17) is 9.97 Å². The molecule has 0 saturated heterocycles. The Morgan fingerprint density at radius 3 is 2.31 bits per heavy atom. The fourth-order valence-corrected chi connectivity index (χ4v) is 5.91. The Hall–Kier alpha value is -5.11. The average molecular weight is 553 g/mol. The van der Waals surface area contributed by atoms with Crippen LogP contribution in [0.5, 0.6) is 0 Å². The summed E-state index contributed by atoms with van der Waals surface area (Å²) in [7, 11) is 2.10. The van der Waals surface area contributed by atoms with Crippen LogP contribution in [-0.2, 0) is 26.4 Å². The number of hydrogen-bond acceptors (Lipinski definition) is 5. The Kier molecular flexibility index (Phi) is 6.58. The molecule has 8 heteroatoms. The summed E-state index contributed by atoms with van der Waals surface area (Å²) in [5.74, 6) is 2.69. The van der Waals surface area contributed by atoms with E-state index in [1.807, 2.05) is 24.3 Å². The van der Waals surface area contributed by atoms with Crippen LogP contribution < -0.4 is 0 Å². The highest BCUT2D eigenvalue weighted by molar-refractivity contribution is 5.87. The first kappa shape index (κ1) is 25.8. The molecule has 0 atom stereocenters. The van der Waals surface area contributed by atoms with E-state index in [2.05, 4.69) is 111 Å². The van der Waals surface area contributed by atoms with Gasteiger partial charge in [0.2, 0.25) is 5.82 Å². The summed E-state index contributed by atoms with van der Waals surface area (Å²) in [4.78, 5) is 10.2. The normalized spacial score (nSPS) is 11.6. The van der Waals surface area contributed by atoms with Crippen molar-refractivity contribution in [1.82, 2.24) is 39.7 Å². The number of aryl methyl sites for hydroxylation is 3. The number of para-hydroxylation sites is 2. The van der Waals surface area contributed by atoms with Crippen LogP contribution in [0.25, 0.3) is 56.0 Å². The molecule has 0 aliphatic carbocycles. The number of nitrogens with one attached hydrogen (secondary N) is 1. The van der Waals surface area contributed by atoms with Crippen LogP contribution in [0.2, 0.25) is 0 Å². The minimum atomic E-state index is 0.590. The van der Waals surface area contributed by atoms with Crippen molar-refractivity contribution in [2.24, 2.45) is 7.05 Å². The van der Waals surface area contributed by atoms with Gasteiger partial charge in [-0.2, -0.15) is 5.21 Å². The molecular weight excluding hydrogens is 520 g/mol. The number of H-pyrrole nitrogens is 1. The zero-order valence-corrected chi connectivity index (χ0v) is 24.0. The molecule has 0 amide bonds. The van der Waals surface area contributed by atoms with E-state index < -0.39 is 0 Å². The van der Waals surface area contributed by atoms with Crippen LogP contribution in [0, 0.1) is 0 Å². The maximum Gasteiger partial charge on any atom is 0.205 e. The van der Waals surface area contributed by atoms with Crippen molar-refractivity contribution in [2.45, 2.75) is 39.7 Å². The molecular formula is C34H32N8. The molecule has 8 nitrogen and oxygen atoms in total. The van der Waals surface area contributed by atoms with Gasteiger partial charge >= 0.3 is 0 Å². The van der Waals surface area contributed by atoms with Crippen molar-refractivity contribution in [3.63, 3.8) is 0 Å². The molecule has 7 rings (SSSR count). The lowest BCUT2D eigenvalue weighted by atomic mass is 9.98. The SMILES string of the molecule is CCCc1nc2c(CC)cc(-c3nc4ccccc4n3C)cc2n1Cc1ccc(-c2ccccc2-c2nn[nH]n2)cc1. The molecule has 0 saturated carbocycles. The Bertz CT molecular complexity index is 2010. The predicted octanol–water partition coefficient (Wildman–Crippen LogP) is 7.00. The Labute approximate surface area is 244 Å². The van der Waals surface area contributed by atoms with Gasteiger partial charge in [-0.25, -0.2) is 9.97 Å². The largest absolute Gasteiger partial charge is 0.327 e. The molecule has 0 bridgehead atoms. The topological polar surface area (TPSA) is 90.1 Å². The van der Waals surface area contributed by atoms with Gasteiger partial charge < -0.3 is 9.13 Å². The summed E-state index contributed by atoms with van der Waals surface area (Å²) in [5, 5.41) is 14.7. The number of aromatic nitrogens is 8. The summed E-state index contributed by atoms with van der Waals surface area (Å²) in [6.45, 7) is 5.16. The van der Waals surface area contributed by atoms with E-state index in [0.717, 1.165) is 81.8 Å². The monoisotopic (exact) mass is 552 g/mol. The van der Waals surface area contributed by atoms with E-state index in [-0.39, 0.29) is 0 Å². The summed E-state index contributed by atoms with van der Waals surface area (Å²) < 4.78 is 4.58. The lowest BCUT2D eigenvalue weighted by Crippen LogP contribution is -2.05. The van der Waals surface area contributed by atoms with Gasteiger partial charge in [0, 0.05) is 31.1 Å². The lowest BCUT2D eigenvalue weighted by Gasteiger charge is -2.12. The van der Waals surface area contributed by atoms with Crippen molar-refractivity contribution >= 4 is 22.1 Å². The quantitative estimate of drug-likeness (QED) is 0.219. The predicted molar refractivity (Wildman–Crippen MR) is 167 cm³/mol. The molecule has 0 radical (unpaired) electrons. The van der Waals surface area contributed by atoms with Crippen LogP contribution >= 0.6 is 0 Å². The van der Waals surface area contributed by atoms with Crippen LogP contribution in [-0.4, -0.2) is 39.7 Å².